The molecule has 0 radical (unpaired) electrons. The molecule has 5 rings (SSSR count). The monoisotopic (exact) mass is 562 g/mol. The van der Waals surface area contributed by atoms with Gasteiger partial charge in [0, 0.05) is 9.13 Å². The third-order valence-corrected chi connectivity index (χ3v) is 7.02. The lowest BCUT2D eigenvalue weighted by Gasteiger charge is -2.11. The molecule has 1 heterocycles. The topological polar surface area (TPSA) is 50.7 Å². The van der Waals surface area contributed by atoms with E-state index in [0.29, 0.717) is 16.7 Å². The minimum absolute atomic E-state index is 0.159. The van der Waals surface area contributed by atoms with Gasteiger partial charge in [-0.05, 0) is 75.0 Å². The van der Waals surface area contributed by atoms with Crippen molar-refractivity contribution in [2.45, 2.75) is 6.61 Å². The average molecular weight is 562 g/mol. The quantitative estimate of drug-likeness (QED) is 0.212. The van der Waals surface area contributed by atoms with Crippen LogP contribution in [0.2, 0.25) is 0 Å². The Morgan fingerprint density at radius 2 is 1.67 bits per heavy atom. The number of halogens is 1. The fraction of sp³-hybridized carbons (Fsp3) is 0.0370. The zero-order valence-corrected chi connectivity index (χ0v) is 20.5. The third-order valence-electron chi connectivity index (χ3n) is 5.19. The van der Waals surface area contributed by atoms with Gasteiger partial charge in [-0.15, -0.1) is 0 Å². The van der Waals surface area contributed by atoms with Crippen molar-refractivity contribution in [3.05, 3.63) is 111 Å². The number of carbonyl (C=O) groups is 1. The molecule has 162 valence electrons. The van der Waals surface area contributed by atoms with Crippen molar-refractivity contribution in [1.82, 2.24) is 5.32 Å². The second-order valence-corrected chi connectivity index (χ2v) is 9.59. The van der Waals surface area contributed by atoms with Gasteiger partial charge in [0.1, 0.15) is 12.4 Å². The summed E-state index contributed by atoms with van der Waals surface area (Å²) in [4.78, 5) is 17.8. The summed E-state index contributed by atoms with van der Waals surface area (Å²) in [7, 11) is 0. The van der Waals surface area contributed by atoms with Crippen molar-refractivity contribution < 1.29 is 9.53 Å². The van der Waals surface area contributed by atoms with Crippen molar-refractivity contribution in [3.63, 3.8) is 0 Å². The van der Waals surface area contributed by atoms with Gasteiger partial charge < -0.3 is 10.1 Å². The SMILES string of the molecule is O=C1NC(=Nc2ccccc2I)S/C1=C/c1ccccc1OCc1cccc2ccccc12. The molecule has 1 amide bonds. The second kappa shape index (κ2) is 9.80. The zero-order chi connectivity index (χ0) is 22.6. The third kappa shape index (κ3) is 4.96. The molecule has 0 saturated carbocycles. The second-order valence-electron chi connectivity index (χ2n) is 7.40. The highest BCUT2D eigenvalue weighted by Crippen LogP contribution is 2.32. The van der Waals surface area contributed by atoms with E-state index >= 15 is 0 Å². The van der Waals surface area contributed by atoms with Gasteiger partial charge >= 0.3 is 0 Å². The van der Waals surface area contributed by atoms with Crippen molar-refractivity contribution >= 4 is 68.0 Å². The van der Waals surface area contributed by atoms with Crippen LogP contribution >= 0.6 is 34.4 Å². The molecule has 6 heteroatoms. The minimum Gasteiger partial charge on any atom is -0.488 e. The number of nitrogens with zero attached hydrogens (tertiary/aromatic N) is 1. The number of carbonyl (C=O) groups excluding carboxylic acids is 1. The Hall–Kier alpha value is -3.10. The number of aliphatic imine (C=N–C) groups is 1. The highest BCUT2D eigenvalue weighted by atomic mass is 127. The lowest BCUT2D eigenvalue weighted by atomic mass is 10.1. The Bertz CT molecular complexity index is 1410. The molecule has 0 aliphatic carbocycles. The van der Waals surface area contributed by atoms with Gasteiger partial charge in [0.2, 0.25) is 0 Å². The molecule has 0 atom stereocenters. The Labute approximate surface area is 209 Å². The van der Waals surface area contributed by atoms with Gasteiger partial charge in [-0.2, -0.15) is 0 Å². The highest BCUT2D eigenvalue weighted by Gasteiger charge is 2.24. The summed E-state index contributed by atoms with van der Waals surface area (Å²) < 4.78 is 7.23. The van der Waals surface area contributed by atoms with E-state index in [0.717, 1.165) is 26.1 Å². The number of hydrogen-bond acceptors (Lipinski definition) is 4. The molecular formula is C27H19IN2O2S. The maximum Gasteiger partial charge on any atom is 0.264 e. The summed E-state index contributed by atoms with van der Waals surface area (Å²) in [6.45, 7) is 0.444. The van der Waals surface area contributed by atoms with E-state index in [1.165, 1.54) is 22.5 Å². The molecule has 0 bridgehead atoms. The van der Waals surface area contributed by atoms with Crippen LogP contribution < -0.4 is 10.1 Å². The molecule has 33 heavy (non-hydrogen) atoms. The van der Waals surface area contributed by atoms with Crippen LogP contribution in [0.1, 0.15) is 11.1 Å². The molecule has 4 nitrogen and oxygen atoms in total. The zero-order valence-electron chi connectivity index (χ0n) is 17.5. The molecule has 1 N–H and O–H groups in total. The lowest BCUT2D eigenvalue weighted by molar-refractivity contribution is -0.115. The highest BCUT2D eigenvalue weighted by molar-refractivity contribution is 14.1. The van der Waals surface area contributed by atoms with Crippen molar-refractivity contribution in [3.8, 4) is 5.75 Å². The molecule has 1 aliphatic heterocycles. The van der Waals surface area contributed by atoms with E-state index in [9.17, 15) is 4.79 Å². The minimum atomic E-state index is -0.159. The van der Waals surface area contributed by atoms with E-state index in [1.807, 2.05) is 72.8 Å². The standard InChI is InChI=1S/C27H19IN2O2S/c28-22-13-4-5-14-23(22)29-27-30-26(31)25(33-27)16-19-9-2-6-15-24(19)32-17-20-11-7-10-18-8-1-3-12-21(18)20/h1-16H,17H2,(H,29,30,31)/b25-16+. The van der Waals surface area contributed by atoms with Crippen LogP contribution in [0.25, 0.3) is 16.8 Å². The number of benzene rings is 4. The van der Waals surface area contributed by atoms with Crippen molar-refractivity contribution in [2.24, 2.45) is 4.99 Å². The van der Waals surface area contributed by atoms with Crippen molar-refractivity contribution in [1.29, 1.82) is 0 Å². The predicted molar refractivity (Wildman–Crippen MR) is 145 cm³/mol. The van der Waals surface area contributed by atoms with Gasteiger partial charge in [0.05, 0.1) is 10.6 Å². The summed E-state index contributed by atoms with van der Waals surface area (Å²) in [5.41, 5.74) is 2.81. The Kier molecular flexibility index (Phi) is 6.46. The number of amides is 1. The summed E-state index contributed by atoms with van der Waals surface area (Å²) >= 11 is 3.57. The van der Waals surface area contributed by atoms with E-state index in [-0.39, 0.29) is 5.91 Å². The van der Waals surface area contributed by atoms with Crippen LogP contribution in [0.3, 0.4) is 0 Å². The molecule has 0 spiro atoms. The Morgan fingerprint density at radius 3 is 2.58 bits per heavy atom. The number of para-hydroxylation sites is 2. The summed E-state index contributed by atoms with van der Waals surface area (Å²) in [5, 5.41) is 5.80. The number of rotatable bonds is 5. The van der Waals surface area contributed by atoms with Gasteiger partial charge in [-0.3, -0.25) is 4.79 Å². The number of fused-ring (bicyclic) bond motifs is 1. The van der Waals surface area contributed by atoms with Crippen LogP contribution in [0, 0.1) is 3.57 Å². The predicted octanol–water partition coefficient (Wildman–Crippen LogP) is 6.92. The molecule has 1 aliphatic rings. The maximum atomic E-state index is 12.6. The largest absolute Gasteiger partial charge is 0.488 e. The molecular weight excluding hydrogens is 543 g/mol. The number of thioether (sulfide) groups is 1. The van der Waals surface area contributed by atoms with E-state index in [1.54, 1.807) is 0 Å². The summed E-state index contributed by atoms with van der Waals surface area (Å²) in [6.07, 6.45) is 1.86. The van der Waals surface area contributed by atoms with Crippen LogP contribution in [0.5, 0.6) is 5.75 Å². The molecule has 1 saturated heterocycles. The number of nitrogens with one attached hydrogen (secondary N) is 1. The van der Waals surface area contributed by atoms with Crippen LogP contribution in [-0.4, -0.2) is 11.1 Å². The van der Waals surface area contributed by atoms with Gasteiger partial charge in [0.15, 0.2) is 5.17 Å². The van der Waals surface area contributed by atoms with Gasteiger partial charge in [0.25, 0.3) is 5.91 Å². The number of amidine groups is 1. The number of hydrogen-bond donors (Lipinski definition) is 1. The van der Waals surface area contributed by atoms with E-state index in [2.05, 4.69) is 57.2 Å². The van der Waals surface area contributed by atoms with Crippen LogP contribution in [0.15, 0.2) is 101 Å². The van der Waals surface area contributed by atoms with Crippen LogP contribution in [0.4, 0.5) is 5.69 Å². The van der Waals surface area contributed by atoms with Crippen LogP contribution in [-0.2, 0) is 11.4 Å². The molecule has 4 aromatic rings. The fourth-order valence-electron chi connectivity index (χ4n) is 3.58. The van der Waals surface area contributed by atoms with Gasteiger partial charge in [-0.1, -0.05) is 72.8 Å². The smallest absolute Gasteiger partial charge is 0.264 e. The Balaban J connectivity index is 1.38. The van der Waals surface area contributed by atoms with E-state index in [4.69, 9.17) is 4.74 Å². The molecule has 1 fully saturated rings. The first-order chi connectivity index (χ1) is 16.2. The first-order valence-electron chi connectivity index (χ1n) is 10.4. The van der Waals surface area contributed by atoms with Gasteiger partial charge in [-0.25, -0.2) is 4.99 Å². The first kappa shape index (κ1) is 21.7. The average Bonchev–Trinajstić information content (AvgIpc) is 3.18. The fourth-order valence-corrected chi connectivity index (χ4v) is 4.91. The first-order valence-corrected chi connectivity index (χ1v) is 12.3. The summed E-state index contributed by atoms with van der Waals surface area (Å²) in [6, 6.07) is 30.1. The van der Waals surface area contributed by atoms with E-state index < -0.39 is 0 Å². The lowest BCUT2D eigenvalue weighted by Crippen LogP contribution is -2.19. The molecule has 4 aromatic carbocycles. The summed E-state index contributed by atoms with van der Waals surface area (Å²) in [5.74, 6) is 0.572. The molecule has 0 unspecified atom stereocenters. The maximum absolute atomic E-state index is 12.6. The number of ether oxygens (including phenoxy) is 1. The molecule has 0 aromatic heterocycles. The normalized spacial score (nSPS) is 15.8. The van der Waals surface area contributed by atoms with Crippen molar-refractivity contribution in [2.75, 3.05) is 0 Å². The Morgan fingerprint density at radius 1 is 0.909 bits per heavy atom.